The van der Waals surface area contributed by atoms with Crippen LogP contribution < -0.4 is 5.32 Å². The van der Waals surface area contributed by atoms with Crippen LogP contribution in [0.15, 0.2) is 11.6 Å². The molecule has 0 aromatic carbocycles. The van der Waals surface area contributed by atoms with Gasteiger partial charge in [-0.25, -0.2) is 4.98 Å². The Labute approximate surface area is 86.6 Å². The average Bonchev–Trinajstić information content (AvgIpc) is 2.54. The van der Waals surface area contributed by atoms with Crippen LogP contribution in [-0.2, 0) is 10.3 Å². The van der Waals surface area contributed by atoms with Crippen LogP contribution in [0.5, 0.6) is 0 Å². The predicted octanol–water partition coefficient (Wildman–Crippen LogP) is 1.41. The average molecular weight is 209 g/mol. The molecule has 1 heterocycles. The molecule has 0 aliphatic heterocycles. The Hall–Kier alpha value is -1.41. The number of hydrogen-bond donors (Lipinski definition) is 1. The minimum Gasteiger partial charge on any atom is -0.344 e. The first-order chi connectivity index (χ1) is 6.56. The standard InChI is InChI=1S/C9H11N3OS/c1-9(2,8-11-5-6-14-8)12-7(13)3-4-10/h5-6H,3H2,1-2H3,(H,12,13). The molecule has 0 unspecified atom stereocenters. The third-order valence-electron chi connectivity index (χ3n) is 1.66. The summed E-state index contributed by atoms with van der Waals surface area (Å²) in [4.78, 5) is 15.3. The van der Waals surface area contributed by atoms with E-state index in [1.165, 1.54) is 11.3 Å². The van der Waals surface area contributed by atoms with Gasteiger partial charge in [-0.05, 0) is 13.8 Å². The Morgan fingerprint density at radius 2 is 2.50 bits per heavy atom. The Bertz CT molecular complexity index is 351. The summed E-state index contributed by atoms with van der Waals surface area (Å²) in [6.07, 6.45) is 1.58. The van der Waals surface area contributed by atoms with Gasteiger partial charge in [0.1, 0.15) is 11.4 Å². The molecule has 14 heavy (non-hydrogen) atoms. The summed E-state index contributed by atoms with van der Waals surface area (Å²) in [5.74, 6) is -0.271. The number of thiazole rings is 1. The fourth-order valence-corrected chi connectivity index (χ4v) is 1.77. The molecule has 0 saturated heterocycles. The summed E-state index contributed by atoms with van der Waals surface area (Å²) in [6.45, 7) is 3.72. The number of aromatic nitrogens is 1. The molecule has 0 radical (unpaired) electrons. The normalized spacial score (nSPS) is 10.6. The van der Waals surface area contributed by atoms with Crippen molar-refractivity contribution in [3.8, 4) is 6.07 Å². The van der Waals surface area contributed by atoms with Crippen LogP contribution in [0.3, 0.4) is 0 Å². The maximum Gasteiger partial charge on any atom is 0.234 e. The Balaban J connectivity index is 2.68. The number of carbonyl (C=O) groups excluding carboxylic acids is 1. The number of amides is 1. The first-order valence-electron chi connectivity index (χ1n) is 4.14. The van der Waals surface area contributed by atoms with Gasteiger partial charge in [0.05, 0.1) is 11.6 Å². The molecule has 1 rings (SSSR count). The number of carbonyl (C=O) groups is 1. The lowest BCUT2D eigenvalue weighted by molar-refractivity contribution is -0.121. The van der Waals surface area contributed by atoms with E-state index in [0.29, 0.717) is 0 Å². The van der Waals surface area contributed by atoms with Gasteiger partial charge in [-0.3, -0.25) is 4.79 Å². The number of nitrogens with one attached hydrogen (secondary N) is 1. The molecule has 74 valence electrons. The van der Waals surface area contributed by atoms with Crippen molar-refractivity contribution in [2.75, 3.05) is 0 Å². The fraction of sp³-hybridized carbons (Fsp3) is 0.444. The Morgan fingerprint density at radius 1 is 1.79 bits per heavy atom. The molecular formula is C9H11N3OS. The number of nitriles is 1. The van der Waals surface area contributed by atoms with Gasteiger partial charge in [-0.1, -0.05) is 0 Å². The van der Waals surface area contributed by atoms with E-state index in [1.54, 1.807) is 12.3 Å². The second-order valence-corrected chi connectivity index (χ2v) is 4.24. The zero-order valence-electron chi connectivity index (χ0n) is 8.07. The van der Waals surface area contributed by atoms with Crippen LogP contribution in [0.25, 0.3) is 0 Å². The van der Waals surface area contributed by atoms with Crippen molar-refractivity contribution >= 4 is 17.2 Å². The minimum absolute atomic E-state index is 0.116. The molecule has 0 aliphatic rings. The lowest BCUT2D eigenvalue weighted by Gasteiger charge is -2.22. The zero-order valence-corrected chi connectivity index (χ0v) is 8.89. The van der Waals surface area contributed by atoms with Crippen molar-refractivity contribution in [3.05, 3.63) is 16.6 Å². The summed E-state index contributed by atoms with van der Waals surface area (Å²) in [5, 5.41) is 13.8. The predicted molar refractivity (Wildman–Crippen MR) is 53.5 cm³/mol. The van der Waals surface area contributed by atoms with E-state index in [1.807, 2.05) is 19.2 Å². The molecule has 0 spiro atoms. The van der Waals surface area contributed by atoms with E-state index < -0.39 is 5.54 Å². The van der Waals surface area contributed by atoms with E-state index in [0.717, 1.165) is 5.01 Å². The lowest BCUT2D eigenvalue weighted by atomic mass is 10.1. The second-order valence-electron chi connectivity index (χ2n) is 3.35. The van der Waals surface area contributed by atoms with Crippen molar-refractivity contribution in [1.29, 1.82) is 5.26 Å². The highest BCUT2D eigenvalue weighted by Gasteiger charge is 2.24. The van der Waals surface area contributed by atoms with Gasteiger partial charge in [0.25, 0.3) is 0 Å². The van der Waals surface area contributed by atoms with E-state index in [-0.39, 0.29) is 12.3 Å². The second kappa shape index (κ2) is 4.20. The number of rotatable bonds is 3. The minimum atomic E-state index is -0.498. The third-order valence-corrected chi connectivity index (χ3v) is 2.76. The molecule has 0 aliphatic carbocycles. The highest BCUT2D eigenvalue weighted by molar-refractivity contribution is 7.09. The highest BCUT2D eigenvalue weighted by atomic mass is 32.1. The highest BCUT2D eigenvalue weighted by Crippen LogP contribution is 2.21. The Morgan fingerprint density at radius 3 is 3.00 bits per heavy atom. The van der Waals surface area contributed by atoms with Gasteiger partial charge in [0.2, 0.25) is 5.91 Å². The van der Waals surface area contributed by atoms with Crippen molar-refractivity contribution in [1.82, 2.24) is 10.3 Å². The van der Waals surface area contributed by atoms with Crippen LogP contribution in [0, 0.1) is 11.3 Å². The molecule has 4 nitrogen and oxygen atoms in total. The molecule has 0 atom stereocenters. The molecule has 0 saturated carbocycles. The van der Waals surface area contributed by atoms with Crippen LogP contribution in [-0.4, -0.2) is 10.9 Å². The maximum atomic E-state index is 11.2. The number of hydrogen-bond acceptors (Lipinski definition) is 4. The summed E-state index contributed by atoms with van der Waals surface area (Å²) in [6, 6.07) is 1.81. The van der Waals surface area contributed by atoms with Gasteiger partial charge in [0, 0.05) is 11.6 Å². The van der Waals surface area contributed by atoms with Gasteiger partial charge in [-0.2, -0.15) is 5.26 Å². The monoisotopic (exact) mass is 209 g/mol. The van der Waals surface area contributed by atoms with Gasteiger partial charge in [-0.15, -0.1) is 11.3 Å². The summed E-state index contributed by atoms with van der Waals surface area (Å²) >= 11 is 1.48. The largest absolute Gasteiger partial charge is 0.344 e. The smallest absolute Gasteiger partial charge is 0.234 e. The molecular weight excluding hydrogens is 198 g/mol. The lowest BCUT2D eigenvalue weighted by Crippen LogP contribution is -2.40. The van der Waals surface area contributed by atoms with Crippen molar-refractivity contribution in [3.63, 3.8) is 0 Å². The quantitative estimate of drug-likeness (QED) is 0.818. The van der Waals surface area contributed by atoms with Crippen molar-refractivity contribution in [2.24, 2.45) is 0 Å². The molecule has 1 amide bonds. The topological polar surface area (TPSA) is 65.8 Å². The van der Waals surface area contributed by atoms with Crippen LogP contribution >= 0.6 is 11.3 Å². The molecule has 1 N–H and O–H groups in total. The first kappa shape index (κ1) is 10.7. The molecule has 0 fully saturated rings. The first-order valence-corrected chi connectivity index (χ1v) is 5.02. The zero-order chi connectivity index (χ0) is 10.6. The van der Waals surface area contributed by atoms with Crippen molar-refractivity contribution < 1.29 is 4.79 Å². The summed E-state index contributed by atoms with van der Waals surface area (Å²) in [5.41, 5.74) is -0.498. The van der Waals surface area contributed by atoms with Crippen LogP contribution in [0.4, 0.5) is 0 Å². The van der Waals surface area contributed by atoms with Crippen LogP contribution in [0.1, 0.15) is 25.3 Å². The van der Waals surface area contributed by atoms with E-state index in [4.69, 9.17) is 5.26 Å². The summed E-state index contributed by atoms with van der Waals surface area (Å²) in [7, 11) is 0. The molecule has 1 aromatic rings. The van der Waals surface area contributed by atoms with Gasteiger partial charge >= 0.3 is 0 Å². The molecule has 0 bridgehead atoms. The molecule has 5 heteroatoms. The van der Waals surface area contributed by atoms with Crippen molar-refractivity contribution in [2.45, 2.75) is 25.8 Å². The van der Waals surface area contributed by atoms with E-state index in [2.05, 4.69) is 10.3 Å². The number of nitrogens with zero attached hydrogens (tertiary/aromatic N) is 2. The van der Waals surface area contributed by atoms with E-state index >= 15 is 0 Å². The van der Waals surface area contributed by atoms with Gasteiger partial charge < -0.3 is 5.32 Å². The maximum absolute atomic E-state index is 11.2. The fourth-order valence-electron chi connectivity index (χ4n) is 1.05. The van der Waals surface area contributed by atoms with E-state index in [9.17, 15) is 4.79 Å². The van der Waals surface area contributed by atoms with Crippen LogP contribution in [0.2, 0.25) is 0 Å². The van der Waals surface area contributed by atoms with Gasteiger partial charge in [0.15, 0.2) is 0 Å². The third kappa shape index (κ3) is 2.54. The summed E-state index contributed by atoms with van der Waals surface area (Å²) < 4.78 is 0. The SMILES string of the molecule is CC(C)(NC(=O)CC#N)c1nccs1. The molecule has 1 aromatic heterocycles. The Kier molecular flexibility index (Phi) is 3.20.